The van der Waals surface area contributed by atoms with Crippen LogP contribution >= 0.6 is 0 Å². The van der Waals surface area contributed by atoms with Crippen molar-refractivity contribution in [3.8, 4) is 0 Å². The van der Waals surface area contributed by atoms with Gasteiger partial charge in [-0.25, -0.2) is 0 Å². The minimum Gasteiger partial charge on any atom is -0.355 e. The lowest BCUT2D eigenvalue weighted by molar-refractivity contribution is -0.126. The molecule has 0 bridgehead atoms. The number of carbonyl (C=O) groups is 1. The van der Waals surface area contributed by atoms with Crippen LogP contribution in [0.3, 0.4) is 0 Å². The van der Waals surface area contributed by atoms with Crippen LogP contribution in [0, 0.1) is 5.92 Å². The van der Waals surface area contributed by atoms with Gasteiger partial charge in [-0.1, -0.05) is 6.07 Å². The van der Waals surface area contributed by atoms with Crippen molar-refractivity contribution < 1.29 is 4.79 Å². The van der Waals surface area contributed by atoms with Crippen molar-refractivity contribution in [2.45, 2.75) is 32.2 Å². The molecule has 6 heteroatoms. The van der Waals surface area contributed by atoms with E-state index in [9.17, 15) is 4.79 Å². The summed E-state index contributed by atoms with van der Waals surface area (Å²) in [6.45, 7) is 3.66. The molecule has 2 N–H and O–H groups in total. The van der Waals surface area contributed by atoms with Gasteiger partial charge < -0.3 is 10.6 Å². The molecule has 2 aromatic rings. The van der Waals surface area contributed by atoms with Gasteiger partial charge in [-0.05, 0) is 38.4 Å². The number of piperidine rings is 1. The van der Waals surface area contributed by atoms with Crippen LogP contribution < -0.4 is 10.6 Å². The first-order valence-corrected chi connectivity index (χ1v) is 7.54. The molecule has 1 amide bonds. The Bertz CT molecular complexity index is 623. The average molecular weight is 287 g/mol. The average Bonchev–Trinajstić information content (AvgIpc) is 2.91. The van der Waals surface area contributed by atoms with E-state index in [-0.39, 0.29) is 11.8 Å². The van der Waals surface area contributed by atoms with Gasteiger partial charge >= 0.3 is 0 Å². The Kier molecular flexibility index (Phi) is 4.15. The smallest absolute Gasteiger partial charge is 0.223 e. The number of hydrogen-bond acceptors (Lipinski definition) is 4. The van der Waals surface area contributed by atoms with Crippen molar-refractivity contribution >= 4 is 11.6 Å². The van der Waals surface area contributed by atoms with E-state index in [4.69, 9.17) is 0 Å². The standard InChI is InChI=1S/C15H21N5O/c1-11-10-12(5-7-16-11)15(21)17-8-6-14-19-18-13-4-2-3-9-20(13)14/h2-4,9,11-12,16H,5-8,10H2,1H3,(H,17,21). The second kappa shape index (κ2) is 6.22. The molecule has 3 heterocycles. The van der Waals surface area contributed by atoms with Crippen LogP contribution in [-0.2, 0) is 11.2 Å². The molecule has 21 heavy (non-hydrogen) atoms. The molecule has 112 valence electrons. The Morgan fingerprint density at radius 3 is 3.24 bits per heavy atom. The number of hydrogen-bond donors (Lipinski definition) is 2. The van der Waals surface area contributed by atoms with Crippen molar-refractivity contribution in [2.24, 2.45) is 5.92 Å². The zero-order valence-corrected chi connectivity index (χ0v) is 12.2. The summed E-state index contributed by atoms with van der Waals surface area (Å²) in [5, 5.41) is 14.7. The number of nitrogens with zero attached hydrogens (tertiary/aromatic N) is 3. The summed E-state index contributed by atoms with van der Waals surface area (Å²) in [7, 11) is 0. The summed E-state index contributed by atoms with van der Waals surface area (Å²) in [6, 6.07) is 6.24. The van der Waals surface area contributed by atoms with E-state index >= 15 is 0 Å². The van der Waals surface area contributed by atoms with Crippen LogP contribution in [0.4, 0.5) is 0 Å². The fourth-order valence-electron chi connectivity index (χ4n) is 2.87. The lowest BCUT2D eigenvalue weighted by Crippen LogP contribution is -2.42. The van der Waals surface area contributed by atoms with Crippen LogP contribution in [0.2, 0.25) is 0 Å². The molecule has 1 saturated heterocycles. The van der Waals surface area contributed by atoms with Crippen LogP contribution in [-0.4, -0.2) is 39.6 Å². The summed E-state index contributed by atoms with van der Waals surface area (Å²) in [6.07, 6.45) is 4.47. The third kappa shape index (κ3) is 3.21. The molecule has 1 aliphatic rings. The van der Waals surface area contributed by atoms with Gasteiger partial charge in [0, 0.05) is 31.1 Å². The molecular formula is C15H21N5O. The van der Waals surface area contributed by atoms with Gasteiger partial charge in [0.1, 0.15) is 5.82 Å². The molecule has 3 rings (SSSR count). The highest BCUT2D eigenvalue weighted by Crippen LogP contribution is 2.15. The summed E-state index contributed by atoms with van der Waals surface area (Å²) in [5.41, 5.74) is 0.839. The topological polar surface area (TPSA) is 71.3 Å². The number of pyridine rings is 1. The van der Waals surface area contributed by atoms with Crippen molar-refractivity contribution in [3.63, 3.8) is 0 Å². The monoisotopic (exact) mass is 287 g/mol. The van der Waals surface area contributed by atoms with E-state index in [1.807, 2.05) is 28.8 Å². The second-order valence-corrected chi connectivity index (χ2v) is 5.66. The van der Waals surface area contributed by atoms with Gasteiger partial charge in [0.25, 0.3) is 0 Å². The highest BCUT2D eigenvalue weighted by molar-refractivity contribution is 5.78. The largest absolute Gasteiger partial charge is 0.355 e. The van der Waals surface area contributed by atoms with E-state index in [1.54, 1.807) is 0 Å². The van der Waals surface area contributed by atoms with Crippen molar-refractivity contribution in [1.82, 2.24) is 25.2 Å². The predicted molar refractivity (Wildman–Crippen MR) is 79.9 cm³/mol. The highest BCUT2D eigenvalue weighted by atomic mass is 16.1. The van der Waals surface area contributed by atoms with Crippen LogP contribution in [0.15, 0.2) is 24.4 Å². The fraction of sp³-hybridized carbons (Fsp3) is 0.533. The maximum Gasteiger partial charge on any atom is 0.223 e. The first-order chi connectivity index (χ1) is 10.2. The molecule has 0 aliphatic carbocycles. The van der Waals surface area contributed by atoms with Gasteiger partial charge in [-0.15, -0.1) is 10.2 Å². The molecule has 2 atom stereocenters. The van der Waals surface area contributed by atoms with Gasteiger partial charge in [0.05, 0.1) is 0 Å². The fourth-order valence-corrected chi connectivity index (χ4v) is 2.87. The SMILES string of the molecule is CC1CC(C(=O)NCCc2nnc3ccccn23)CCN1. The Morgan fingerprint density at radius 2 is 2.38 bits per heavy atom. The number of fused-ring (bicyclic) bond motifs is 1. The first-order valence-electron chi connectivity index (χ1n) is 7.54. The van der Waals surface area contributed by atoms with E-state index in [2.05, 4.69) is 27.8 Å². The second-order valence-electron chi connectivity index (χ2n) is 5.66. The van der Waals surface area contributed by atoms with Crippen LogP contribution in [0.25, 0.3) is 5.65 Å². The van der Waals surface area contributed by atoms with E-state index in [0.29, 0.717) is 19.0 Å². The number of amides is 1. The number of rotatable bonds is 4. The molecule has 0 saturated carbocycles. The Hall–Kier alpha value is -1.95. The normalized spacial score (nSPS) is 22.3. The van der Waals surface area contributed by atoms with Crippen LogP contribution in [0.1, 0.15) is 25.6 Å². The van der Waals surface area contributed by atoms with E-state index in [0.717, 1.165) is 30.9 Å². The third-order valence-electron chi connectivity index (χ3n) is 4.03. The zero-order valence-electron chi connectivity index (χ0n) is 12.2. The predicted octanol–water partition coefficient (Wildman–Crippen LogP) is 0.776. The Balaban J connectivity index is 1.52. The molecule has 2 aromatic heterocycles. The van der Waals surface area contributed by atoms with Gasteiger partial charge in [-0.3, -0.25) is 9.20 Å². The molecule has 1 fully saturated rings. The van der Waals surface area contributed by atoms with Crippen molar-refractivity contribution in [3.05, 3.63) is 30.2 Å². The molecule has 0 spiro atoms. The molecule has 2 unspecified atom stereocenters. The minimum atomic E-state index is 0.136. The quantitative estimate of drug-likeness (QED) is 0.871. The third-order valence-corrected chi connectivity index (χ3v) is 4.03. The summed E-state index contributed by atoms with van der Waals surface area (Å²) in [5.74, 6) is 1.18. The van der Waals surface area contributed by atoms with Gasteiger partial charge in [0.15, 0.2) is 5.65 Å². The highest BCUT2D eigenvalue weighted by Gasteiger charge is 2.24. The van der Waals surface area contributed by atoms with Crippen LogP contribution in [0.5, 0.6) is 0 Å². The van der Waals surface area contributed by atoms with E-state index < -0.39 is 0 Å². The molecule has 0 radical (unpaired) electrons. The Labute approximate surface area is 123 Å². The number of aromatic nitrogens is 3. The lowest BCUT2D eigenvalue weighted by atomic mass is 9.92. The van der Waals surface area contributed by atoms with Crippen molar-refractivity contribution in [2.75, 3.05) is 13.1 Å². The number of carbonyl (C=O) groups excluding carboxylic acids is 1. The molecule has 6 nitrogen and oxygen atoms in total. The maximum absolute atomic E-state index is 12.2. The van der Waals surface area contributed by atoms with Gasteiger partial charge in [-0.2, -0.15) is 0 Å². The maximum atomic E-state index is 12.2. The minimum absolute atomic E-state index is 0.136. The van der Waals surface area contributed by atoms with E-state index in [1.165, 1.54) is 0 Å². The zero-order chi connectivity index (χ0) is 14.7. The number of nitrogens with one attached hydrogen (secondary N) is 2. The molecule has 1 aliphatic heterocycles. The Morgan fingerprint density at radius 1 is 1.48 bits per heavy atom. The summed E-state index contributed by atoms with van der Waals surface area (Å²) in [4.78, 5) is 12.2. The molecular weight excluding hydrogens is 266 g/mol. The van der Waals surface area contributed by atoms with Crippen molar-refractivity contribution in [1.29, 1.82) is 0 Å². The van der Waals surface area contributed by atoms with Gasteiger partial charge in [0.2, 0.25) is 5.91 Å². The first kappa shape index (κ1) is 14.0. The lowest BCUT2D eigenvalue weighted by Gasteiger charge is -2.27. The summed E-state index contributed by atoms with van der Waals surface area (Å²) >= 11 is 0. The summed E-state index contributed by atoms with van der Waals surface area (Å²) < 4.78 is 1.96. The molecule has 0 aromatic carbocycles.